The molecule has 0 bridgehead atoms. The number of nitrogens with zero attached hydrogens (tertiary/aromatic N) is 1. The number of carbonyl (C=O) groups excluding carboxylic acids is 1. The molecule has 6 heteroatoms. The van der Waals surface area contributed by atoms with E-state index in [9.17, 15) is 9.18 Å². The van der Waals surface area contributed by atoms with Crippen molar-refractivity contribution < 1.29 is 13.9 Å². The van der Waals surface area contributed by atoms with E-state index in [4.69, 9.17) is 16.3 Å². The number of morpholine rings is 1. The zero-order chi connectivity index (χ0) is 13.1. The van der Waals surface area contributed by atoms with E-state index in [2.05, 4.69) is 15.9 Å². The number of rotatable bonds is 2. The summed E-state index contributed by atoms with van der Waals surface area (Å²) in [6.45, 7) is 1.38. The topological polar surface area (TPSA) is 29.5 Å². The molecule has 1 amide bonds. The van der Waals surface area contributed by atoms with E-state index in [1.54, 1.807) is 4.90 Å². The summed E-state index contributed by atoms with van der Waals surface area (Å²) in [5.74, 6) is -0.893. The van der Waals surface area contributed by atoms with Crippen LogP contribution in [0.1, 0.15) is 10.4 Å². The van der Waals surface area contributed by atoms with Crippen LogP contribution in [0.3, 0.4) is 0 Å². The molecule has 18 heavy (non-hydrogen) atoms. The van der Waals surface area contributed by atoms with Gasteiger partial charge in [0, 0.05) is 23.4 Å². The molecule has 1 heterocycles. The predicted molar refractivity (Wildman–Crippen MR) is 70.8 cm³/mol. The largest absolute Gasteiger partial charge is 0.374 e. The molecular formula is C12H12BrClFNO2. The van der Waals surface area contributed by atoms with Crippen LogP contribution < -0.4 is 0 Å². The van der Waals surface area contributed by atoms with Crippen LogP contribution in [0.5, 0.6) is 0 Å². The highest BCUT2D eigenvalue weighted by atomic mass is 79.9. The van der Waals surface area contributed by atoms with Crippen LogP contribution in [-0.2, 0) is 4.74 Å². The number of amides is 1. The Morgan fingerprint density at radius 2 is 2.39 bits per heavy atom. The summed E-state index contributed by atoms with van der Waals surface area (Å²) in [5, 5.41) is 1.000. The molecule has 3 nitrogen and oxygen atoms in total. The maximum Gasteiger partial charge on any atom is 0.257 e. The number of carbonyl (C=O) groups is 1. The minimum Gasteiger partial charge on any atom is -0.374 e. The van der Waals surface area contributed by atoms with Crippen molar-refractivity contribution in [1.29, 1.82) is 0 Å². The molecule has 0 radical (unpaired) electrons. The van der Waals surface area contributed by atoms with Gasteiger partial charge in [-0.3, -0.25) is 4.79 Å². The van der Waals surface area contributed by atoms with Gasteiger partial charge in [-0.1, -0.05) is 27.5 Å². The molecule has 1 unspecified atom stereocenters. The molecule has 1 atom stereocenters. The van der Waals surface area contributed by atoms with Crippen LogP contribution in [0, 0.1) is 5.82 Å². The van der Waals surface area contributed by atoms with Crippen molar-refractivity contribution >= 4 is 33.4 Å². The second-order valence-corrected chi connectivity index (χ2v) is 5.11. The fraction of sp³-hybridized carbons (Fsp3) is 0.417. The summed E-state index contributed by atoms with van der Waals surface area (Å²) in [5.41, 5.74) is 0.0118. The highest BCUT2D eigenvalue weighted by Gasteiger charge is 2.26. The average Bonchev–Trinajstić information content (AvgIpc) is 2.41. The molecule has 1 fully saturated rings. The Bertz CT molecular complexity index is 458. The van der Waals surface area contributed by atoms with Gasteiger partial charge in [-0.05, 0) is 18.2 Å². The van der Waals surface area contributed by atoms with Gasteiger partial charge in [0.2, 0.25) is 0 Å². The minimum atomic E-state index is -0.550. The van der Waals surface area contributed by atoms with Crippen LogP contribution in [0.15, 0.2) is 18.2 Å². The van der Waals surface area contributed by atoms with E-state index in [1.807, 2.05) is 0 Å². The molecular weight excluding hydrogens is 324 g/mol. The van der Waals surface area contributed by atoms with Crippen molar-refractivity contribution in [3.63, 3.8) is 0 Å². The van der Waals surface area contributed by atoms with E-state index in [1.165, 1.54) is 18.2 Å². The van der Waals surface area contributed by atoms with E-state index in [-0.39, 0.29) is 17.6 Å². The highest BCUT2D eigenvalue weighted by molar-refractivity contribution is 9.09. The molecule has 0 saturated carbocycles. The first kappa shape index (κ1) is 13.8. The molecule has 1 saturated heterocycles. The third-order valence-electron chi connectivity index (χ3n) is 2.76. The molecule has 0 aromatic heterocycles. The number of ether oxygens (including phenoxy) is 1. The summed E-state index contributed by atoms with van der Waals surface area (Å²) >= 11 is 9.10. The SMILES string of the molecule is O=C(c1cc(Cl)ccc1F)N1CCOC(CBr)C1. The zero-order valence-corrected chi connectivity index (χ0v) is 11.9. The first-order chi connectivity index (χ1) is 8.61. The van der Waals surface area contributed by atoms with Gasteiger partial charge in [-0.2, -0.15) is 0 Å². The van der Waals surface area contributed by atoms with Gasteiger partial charge in [-0.15, -0.1) is 0 Å². The lowest BCUT2D eigenvalue weighted by atomic mass is 10.1. The zero-order valence-electron chi connectivity index (χ0n) is 9.54. The number of benzene rings is 1. The van der Waals surface area contributed by atoms with Crippen molar-refractivity contribution in [2.45, 2.75) is 6.10 Å². The quantitative estimate of drug-likeness (QED) is 0.777. The first-order valence-electron chi connectivity index (χ1n) is 5.53. The van der Waals surface area contributed by atoms with Crippen LogP contribution >= 0.6 is 27.5 Å². The van der Waals surface area contributed by atoms with E-state index in [0.29, 0.717) is 30.0 Å². The Morgan fingerprint density at radius 3 is 3.11 bits per heavy atom. The summed E-state index contributed by atoms with van der Waals surface area (Å²) in [7, 11) is 0. The van der Waals surface area contributed by atoms with Gasteiger partial charge >= 0.3 is 0 Å². The van der Waals surface area contributed by atoms with Gasteiger partial charge in [0.25, 0.3) is 5.91 Å². The van der Waals surface area contributed by atoms with Crippen LogP contribution in [0.25, 0.3) is 0 Å². The number of alkyl halides is 1. The normalized spacial score (nSPS) is 19.9. The summed E-state index contributed by atoms with van der Waals surface area (Å²) < 4.78 is 19.0. The lowest BCUT2D eigenvalue weighted by Crippen LogP contribution is -2.46. The van der Waals surface area contributed by atoms with Gasteiger partial charge in [0.05, 0.1) is 18.3 Å². The second kappa shape index (κ2) is 5.99. The Kier molecular flexibility index (Phi) is 4.59. The minimum absolute atomic E-state index is 0.0118. The van der Waals surface area contributed by atoms with Crippen LogP contribution in [0.2, 0.25) is 5.02 Å². The van der Waals surface area contributed by atoms with Crippen molar-refractivity contribution in [3.8, 4) is 0 Å². The predicted octanol–water partition coefficient (Wildman–Crippen LogP) is 2.72. The summed E-state index contributed by atoms with van der Waals surface area (Å²) in [4.78, 5) is 13.8. The average molecular weight is 337 g/mol. The van der Waals surface area contributed by atoms with Crippen LogP contribution in [0.4, 0.5) is 4.39 Å². The molecule has 1 aliphatic rings. The number of hydrogen-bond donors (Lipinski definition) is 0. The maximum absolute atomic E-state index is 13.6. The first-order valence-corrected chi connectivity index (χ1v) is 7.03. The Labute approximate surface area is 118 Å². The van der Waals surface area contributed by atoms with Gasteiger partial charge in [0.15, 0.2) is 0 Å². The Balaban J connectivity index is 2.17. The maximum atomic E-state index is 13.6. The molecule has 0 aliphatic carbocycles. The lowest BCUT2D eigenvalue weighted by molar-refractivity contribution is -0.00982. The fourth-order valence-electron chi connectivity index (χ4n) is 1.83. The molecule has 2 rings (SSSR count). The van der Waals surface area contributed by atoms with Gasteiger partial charge < -0.3 is 9.64 Å². The molecule has 0 N–H and O–H groups in total. The lowest BCUT2D eigenvalue weighted by Gasteiger charge is -2.32. The van der Waals surface area contributed by atoms with Crippen molar-refractivity contribution in [2.75, 3.05) is 25.0 Å². The smallest absolute Gasteiger partial charge is 0.257 e. The monoisotopic (exact) mass is 335 g/mol. The fourth-order valence-corrected chi connectivity index (χ4v) is 2.39. The molecule has 1 aliphatic heterocycles. The van der Waals surface area contributed by atoms with E-state index >= 15 is 0 Å². The molecule has 1 aromatic carbocycles. The Hall–Kier alpha value is -0.650. The summed E-state index contributed by atoms with van der Waals surface area (Å²) in [6, 6.07) is 3.99. The highest BCUT2D eigenvalue weighted by Crippen LogP contribution is 2.18. The standard InChI is InChI=1S/C12H12BrClFNO2/c13-6-9-7-16(3-4-18-9)12(17)10-5-8(14)1-2-11(10)15/h1-2,5,9H,3-4,6-7H2. The second-order valence-electron chi connectivity index (χ2n) is 4.02. The summed E-state index contributed by atoms with van der Waals surface area (Å²) in [6.07, 6.45) is -0.0510. The van der Waals surface area contributed by atoms with E-state index < -0.39 is 5.82 Å². The van der Waals surface area contributed by atoms with Crippen molar-refractivity contribution in [2.24, 2.45) is 0 Å². The molecule has 0 spiro atoms. The van der Waals surface area contributed by atoms with Crippen molar-refractivity contribution in [3.05, 3.63) is 34.6 Å². The Morgan fingerprint density at radius 1 is 1.61 bits per heavy atom. The molecule has 1 aromatic rings. The van der Waals surface area contributed by atoms with Crippen molar-refractivity contribution in [1.82, 2.24) is 4.90 Å². The van der Waals surface area contributed by atoms with E-state index in [0.717, 1.165) is 0 Å². The number of halogens is 3. The van der Waals surface area contributed by atoms with Gasteiger partial charge in [0.1, 0.15) is 5.82 Å². The number of hydrogen-bond acceptors (Lipinski definition) is 2. The third kappa shape index (κ3) is 3.02. The molecule has 98 valence electrons. The van der Waals surface area contributed by atoms with Gasteiger partial charge in [-0.25, -0.2) is 4.39 Å². The van der Waals surface area contributed by atoms with Crippen LogP contribution in [-0.4, -0.2) is 41.9 Å². The third-order valence-corrected chi connectivity index (χ3v) is 3.71.